The van der Waals surface area contributed by atoms with E-state index in [1.54, 1.807) is 7.11 Å². The van der Waals surface area contributed by atoms with E-state index in [-0.39, 0.29) is 17.9 Å². The maximum atomic E-state index is 13.1. The summed E-state index contributed by atoms with van der Waals surface area (Å²) >= 11 is 0. The lowest BCUT2D eigenvalue weighted by atomic mass is 9.80. The second-order valence-electron chi connectivity index (χ2n) is 8.32. The van der Waals surface area contributed by atoms with Crippen molar-refractivity contribution in [1.82, 2.24) is 0 Å². The Bertz CT molecular complexity index is 1320. The van der Waals surface area contributed by atoms with E-state index >= 15 is 0 Å². The number of carbonyl (C=O) groups is 1. The number of hydrogen-bond donors (Lipinski definition) is 0. The molecule has 4 aromatic rings. The lowest BCUT2D eigenvalue weighted by Crippen LogP contribution is -2.55. The summed E-state index contributed by atoms with van der Waals surface area (Å²) in [6.45, 7) is 0. The van der Waals surface area contributed by atoms with Crippen LogP contribution in [0.2, 0.25) is 0 Å². The Morgan fingerprint density at radius 2 is 1.38 bits per heavy atom. The van der Waals surface area contributed by atoms with Crippen molar-refractivity contribution in [3.63, 3.8) is 0 Å². The summed E-state index contributed by atoms with van der Waals surface area (Å²) in [6.07, 6.45) is 0.513. The van der Waals surface area contributed by atoms with E-state index < -0.39 is 0 Å². The third-order valence-electron chi connectivity index (χ3n) is 6.25. The molecule has 1 aliphatic rings. The van der Waals surface area contributed by atoms with Gasteiger partial charge in [-0.3, -0.25) is 4.79 Å². The highest BCUT2D eigenvalue weighted by molar-refractivity contribution is 6.03. The minimum atomic E-state index is -0.176. The van der Waals surface area contributed by atoms with Gasteiger partial charge in [-0.15, -0.1) is 0 Å². The first kappa shape index (κ1) is 21.6. The van der Waals surface area contributed by atoms with E-state index in [1.165, 1.54) is 11.1 Å². The van der Waals surface area contributed by atoms with Crippen LogP contribution in [0.4, 0.5) is 5.69 Å². The van der Waals surface area contributed by atoms with E-state index in [4.69, 9.17) is 4.74 Å². The highest BCUT2D eigenvalue weighted by atomic mass is 16.5. The number of anilines is 1. The Labute approximate surface area is 200 Å². The van der Waals surface area contributed by atoms with Crippen molar-refractivity contribution in [2.45, 2.75) is 12.5 Å². The van der Waals surface area contributed by atoms with Crippen LogP contribution in [-0.4, -0.2) is 13.0 Å². The van der Waals surface area contributed by atoms with Gasteiger partial charge in [0.05, 0.1) is 19.1 Å². The molecule has 1 saturated heterocycles. The van der Waals surface area contributed by atoms with Gasteiger partial charge in [0.25, 0.3) is 0 Å². The van der Waals surface area contributed by atoms with E-state index in [0.29, 0.717) is 6.42 Å². The summed E-state index contributed by atoms with van der Waals surface area (Å²) in [5.41, 5.74) is 5.30. The first-order valence-corrected chi connectivity index (χ1v) is 11.4. The van der Waals surface area contributed by atoms with Crippen LogP contribution in [0.5, 0.6) is 5.75 Å². The molecule has 34 heavy (non-hydrogen) atoms. The van der Waals surface area contributed by atoms with Gasteiger partial charge in [-0.05, 0) is 53.1 Å². The van der Waals surface area contributed by atoms with Crippen molar-refractivity contribution >= 4 is 11.6 Å². The fourth-order valence-corrected chi connectivity index (χ4v) is 4.45. The van der Waals surface area contributed by atoms with Crippen LogP contribution in [0, 0.1) is 17.8 Å². The summed E-state index contributed by atoms with van der Waals surface area (Å²) in [5.74, 6) is 7.25. The molecule has 2 atom stereocenters. The van der Waals surface area contributed by atoms with Crippen LogP contribution in [-0.2, 0) is 4.79 Å². The summed E-state index contributed by atoms with van der Waals surface area (Å²) in [6, 6.07) is 36.3. The van der Waals surface area contributed by atoms with E-state index in [0.717, 1.165) is 22.6 Å². The second-order valence-corrected chi connectivity index (χ2v) is 8.32. The van der Waals surface area contributed by atoms with E-state index in [1.807, 2.05) is 89.8 Å². The zero-order valence-electron chi connectivity index (χ0n) is 19.0. The number of ether oxygens (including phenoxy) is 1. The fourth-order valence-electron chi connectivity index (χ4n) is 4.45. The van der Waals surface area contributed by atoms with Gasteiger partial charge in [-0.2, -0.15) is 0 Å². The topological polar surface area (TPSA) is 29.5 Å². The molecule has 166 valence electrons. The van der Waals surface area contributed by atoms with Crippen molar-refractivity contribution in [3.05, 3.63) is 120 Å². The monoisotopic (exact) mass is 443 g/mol. The molecular formula is C31H25NO2. The molecule has 0 saturated carbocycles. The molecule has 3 nitrogen and oxygen atoms in total. The third-order valence-corrected chi connectivity index (χ3v) is 6.25. The average Bonchev–Trinajstić information content (AvgIpc) is 2.91. The maximum absolute atomic E-state index is 13.1. The van der Waals surface area contributed by atoms with Gasteiger partial charge < -0.3 is 9.64 Å². The molecule has 0 spiro atoms. The molecular weight excluding hydrogens is 418 g/mol. The number of β-lactam (4-membered cyclic amide) rings is 1. The number of rotatable bonds is 5. The lowest BCUT2D eigenvalue weighted by molar-refractivity contribution is -0.130. The quantitative estimate of drug-likeness (QED) is 0.260. The molecule has 3 heteroatoms. The van der Waals surface area contributed by atoms with Gasteiger partial charge in [0.15, 0.2) is 0 Å². The highest BCUT2D eigenvalue weighted by Crippen LogP contribution is 2.45. The van der Waals surface area contributed by atoms with Crippen LogP contribution in [0.1, 0.15) is 23.6 Å². The molecule has 1 amide bonds. The molecule has 5 rings (SSSR count). The summed E-state index contributed by atoms with van der Waals surface area (Å²) in [4.78, 5) is 15.0. The van der Waals surface area contributed by atoms with Crippen LogP contribution < -0.4 is 9.64 Å². The Kier molecular flexibility index (Phi) is 6.14. The predicted octanol–water partition coefficient (Wildman–Crippen LogP) is 6.51. The van der Waals surface area contributed by atoms with Gasteiger partial charge in [0, 0.05) is 17.7 Å². The zero-order valence-corrected chi connectivity index (χ0v) is 19.0. The molecule has 0 unspecified atom stereocenters. The molecule has 0 bridgehead atoms. The molecule has 1 aliphatic heterocycles. The van der Waals surface area contributed by atoms with Crippen LogP contribution in [0.3, 0.4) is 0 Å². The van der Waals surface area contributed by atoms with Gasteiger partial charge in [-0.25, -0.2) is 0 Å². The van der Waals surface area contributed by atoms with Crippen molar-refractivity contribution in [1.29, 1.82) is 0 Å². The van der Waals surface area contributed by atoms with Crippen molar-refractivity contribution in [3.8, 4) is 28.7 Å². The average molecular weight is 444 g/mol. The molecule has 0 N–H and O–H groups in total. The summed E-state index contributed by atoms with van der Waals surface area (Å²) in [5, 5.41) is 0. The first-order chi connectivity index (χ1) is 16.7. The Hall–Kier alpha value is -4.29. The second kappa shape index (κ2) is 9.68. The van der Waals surface area contributed by atoms with Crippen molar-refractivity contribution in [2.75, 3.05) is 12.0 Å². The molecule has 0 aliphatic carbocycles. The van der Waals surface area contributed by atoms with Crippen molar-refractivity contribution in [2.24, 2.45) is 5.92 Å². The molecule has 4 aromatic carbocycles. The number of carbonyl (C=O) groups excluding carboxylic acids is 1. The number of nitrogens with zero attached hydrogens (tertiary/aromatic N) is 1. The Morgan fingerprint density at radius 1 is 0.765 bits per heavy atom. The number of hydrogen-bond acceptors (Lipinski definition) is 2. The highest BCUT2D eigenvalue weighted by Gasteiger charge is 2.48. The molecule has 0 radical (unpaired) electrons. The van der Waals surface area contributed by atoms with E-state index in [2.05, 4.69) is 36.1 Å². The Morgan fingerprint density at radius 3 is 2.03 bits per heavy atom. The number of amides is 1. The number of benzene rings is 4. The Balaban J connectivity index is 1.35. The standard InChI is InChI=1S/C31H25NO2/c1-34-28-21-19-26(20-22-28)30-29(31(33)32(30)27-12-6-3-7-13-27)14-8-9-23-15-17-25(18-16-23)24-10-4-2-5-11-24/h2-7,10-13,15-22,29-30H,14H2,1H3/t29-,30+/m0/s1. The molecule has 0 aromatic heterocycles. The maximum Gasteiger partial charge on any atom is 0.234 e. The van der Waals surface area contributed by atoms with Gasteiger partial charge in [0.2, 0.25) is 5.91 Å². The first-order valence-electron chi connectivity index (χ1n) is 11.4. The fraction of sp³-hybridized carbons (Fsp3) is 0.129. The molecule has 1 fully saturated rings. The van der Waals surface area contributed by atoms with Gasteiger partial charge >= 0.3 is 0 Å². The van der Waals surface area contributed by atoms with Crippen molar-refractivity contribution < 1.29 is 9.53 Å². The minimum Gasteiger partial charge on any atom is -0.497 e. The van der Waals surface area contributed by atoms with Gasteiger partial charge in [0.1, 0.15) is 5.75 Å². The smallest absolute Gasteiger partial charge is 0.234 e. The third kappa shape index (κ3) is 4.31. The van der Waals surface area contributed by atoms with Gasteiger partial charge in [-0.1, -0.05) is 84.6 Å². The zero-order chi connectivity index (χ0) is 23.3. The normalized spacial score (nSPS) is 16.9. The van der Waals surface area contributed by atoms with Crippen LogP contribution in [0.15, 0.2) is 109 Å². The van der Waals surface area contributed by atoms with E-state index in [9.17, 15) is 4.79 Å². The summed E-state index contributed by atoms with van der Waals surface area (Å²) < 4.78 is 5.31. The van der Waals surface area contributed by atoms with Crippen LogP contribution in [0.25, 0.3) is 11.1 Å². The predicted molar refractivity (Wildman–Crippen MR) is 137 cm³/mol. The SMILES string of the molecule is COc1ccc([C@@H]2[C@H](CC#Cc3ccc(-c4ccccc4)cc3)C(=O)N2c2ccccc2)cc1. The minimum absolute atomic E-state index is 0.0458. The largest absolute Gasteiger partial charge is 0.497 e. The number of methoxy groups -OCH3 is 1. The summed E-state index contributed by atoms with van der Waals surface area (Å²) in [7, 11) is 1.66. The molecule has 1 heterocycles. The van der Waals surface area contributed by atoms with Crippen LogP contribution >= 0.6 is 0 Å². The number of para-hydroxylation sites is 1. The lowest BCUT2D eigenvalue weighted by Gasteiger charge is -2.47.